The van der Waals surface area contributed by atoms with E-state index in [-0.39, 0.29) is 10.8 Å². The molecule has 0 fully saturated rings. The average molecular weight is 529 g/mol. The van der Waals surface area contributed by atoms with Gasteiger partial charge in [0, 0.05) is 39.8 Å². The molecule has 4 N–H and O–H groups in total. The van der Waals surface area contributed by atoms with Crippen LogP contribution in [0.1, 0.15) is 11.6 Å². The molecule has 0 saturated heterocycles. The van der Waals surface area contributed by atoms with Crippen LogP contribution >= 0.6 is 46.9 Å². The predicted molar refractivity (Wildman–Crippen MR) is 133 cm³/mol. The lowest BCUT2D eigenvalue weighted by Crippen LogP contribution is -2.46. The molecule has 9 nitrogen and oxygen atoms in total. The number of rotatable bonds is 9. The van der Waals surface area contributed by atoms with E-state index in [0.29, 0.717) is 19.9 Å². The van der Waals surface area contributed by atoms with Gasteiger partial charge in [0.25, 0.3) is 5.69 Å². The van der Waals surface area contributed by atoms with E-state index in [1.54, 1.807) is 30.5 Å². The van der Waals surface area contributed by atoms with Gasteiger partial charge in [0.2, 0.25) is 0 Å². The van der Waals surface area contributed by atoms with Gasteiger partial charge in [-0.2, -0.15) is 0 Å². The number of nitro benzene ring substituents is 1. The molecule has 0 spiro atoms. The van der Waals surface area contributed by atoms with Gasteiger partial charge in [0.05, 0.1) is 11.0 Å². The molecule has 2 aromatic carbocycles. The van der Waals surface area contributed by atoms with Crippen molar-refractivity contribution < 1.29 is 9.13 Å². The molecule has 14 heteroatoms. The Kier molecular flexibility index (Phi) is 8.51. The van der Waals surface area contributed by atoms with Gasteiger partial charge >= 0.3 is 0 Å². The summed E-state index contributed by atoms with van der Waals surface area (Å²) in [5, 5.41) is 20.5. The molecule has 0 aliphatic rings. The molecule has 3 rings (SSSR count). The minimum atomic E-state index is -1.31. The number of hydrazine groups is 1. The molecule has 0 amide bonds. The Hall–Kier alpha value is -2.16. The summed E-state index contributed by atoms with van der Waals surface area (Å²) in [6.07, 6.45) is 1.59. The number of hydrogen-bond donors (Lipinski definition) is 3. The van der Waals surface area contributed by atoms with Crippen LogP contribution in [0.3, 0.4) is 0 Å². The van der Waals surface area contributed by atoms with Crippen molar-refractivity contribution in [2.24, 2.45) is 5.73 Å². The van der Waals surface area contributed by atoms with Crippen molar-refractivity contribution in [3.63, 3.8) is 0 Å². The van der Waals surface area contributed by atoms with Crippen LogP contribution in [0.15, 0.2) is 52.9 Å². The van der Waals surface area contributed by atoms with Crippen molar-refractivity contribution >= 4 is 68.5 Å². The summed E-state index contributed by atoms with van der Waals surface area (Å²) >= 11 is 13.4. The summed E-state index contributed by atoms with van der Waals surface area (Å²) in [5.74, 6) is 0. The van der Waals surface area contributed by atoms with Crippen molar-refractivity contribution in [1.82, 2.24) is 21.0 Å². The quantitative estimate of drug-likeness (QED) is 0.163. The monoisotopic (exact) mass is 528 g/mol. The Morgan fingerprint density at radius 2 is 2.03 bits per heavy atom. The minimum absolute atomic E-state index is 0.0322. The number of non-ortho nitro benzene ring substituents is 1. The number of hydrogen-bond acceptors (Lipinski definition) is 9. The third-order valence-electron chi connectivity index (χ3n) is 4.11. The first kappa shape index (κ1) is 24.5. The van der Waals surface area contributed by atoms with Crippen LogP contribution in [-0.2, 0) is 10.8 Å². The van der Waals surface area contributed by atoms with E-state index in [0.717, 1.165) is 5.56 Å². The molecule has 168 valence electrons. The number of aromatic nitrogens is 2. The van der Waals surface area contributed by atoms with Crippen molar-refractivity contribution in [3.8, 4) is 10.6 Å². The smallest absolute Gasteiger partial charge is 0.270 e. The second kappa shape index (κ2) is 11.1. The Morgan fingerprint density at radius 1 is 1.31 bits per heavy atom. The third kappa shape index (κ3) is 6.43. The highest BCUT2D eigenvalue weighted by Crippen LogP contribution is 2.38. The van der Waals surface area contributed by atoms with E-state index < -0.39 is 26.3 Å². The summed E-state index contributed by atoms with van der Waals surface area (Å²) in [6, 6.07) is 12.8. The Bertz CT molecular complexity index is 1140. The number of halogens is 1. The first-order chi connectivity index (χ1) is 15.2. The molecule has 0 bridgehead atoms. The number of nitrogens with two attached hydrogens (primary N) is 1. The molecule has 1 unspecified atom stereocenters. The van der Waals surface area contributed by atoms with Crippen molar-refractivity contribution in [1.29, 1.82) is 0 Å². The second-order valence-electron chi connectivity index (χ2n) is 6.33. The fourth-order valence-electron chi connectivity index (χ4n) is 2.68. The standard InChI is InChI=1S/C18H17ClN6O3S4/c1-32(28)16(14(21-23-17(20)29)10-5-7-12(19)8-6-10)31-18-24-22-15(30-18)11-3-2-4-13(9-11)25(26)27/h2-9,14,16,21H,1H3,(H3,20,23,29)/t14-,16-,32?/m0/s1. The van der Waals surface area contributed by atoms with Crippen LogP contribution in [0.5, 0.6) is 0 Å². The topological polar surface area (TPSA) is 136 Å². The van der Waals surface area contributed by atoms with Gasteiger partial charge in [-0.1, -0.05) is 59.0 Å². The molecule has 1 aromatic heterocycles. The van der Waals surface area contributed by atoms with Gasteiger partial charge < -0.3 is 5.73 Å². The van der Waals surface area contributed by atoms with Crippen LogP contribution in [0.2, 0.25) is 5.02 Å². The number of nitrogens with one attached hydrogen (secondary N) is 2. The Balaban J connectivity index is 1.88. The first-order valence-corrected chi connectivity index (χ1v) is 13.0. The SMILES string of the molecule is CS(=O)[C@H](Sc1nnc(-c2cccc([N+](=O)[O-])c2)s1)[C@@H](NNC(N)=S)c1ccc(Cl)cc1. The summed E-state index contributed by atoms with van der Waals surface area (Å²) in [6.45, 7) is 0. The van der Waals surface area contributed by atoms with Gasteiger partial charge in [0.1, 0.15) is 9.59 Å². The average Bonchev–Trinajstić information content (AvgIpc) is 3.22. The molecule has 0 saturated carbocycles. The normalized spacial score (nSPS) is 13.8. The number of nitrogens with zero attached hydrogens (tertiary/aromatic N) is 3. The molecule has 0 aliphatic carbocycles. The highest BCUT2D eigenvalue weighted by molar-refractivity contribution is 8.12. The van der Waals surface area contributed by atoms with E-state index >= 15 is 0 Å². The molecule has 32 heavy (non-hydrogen) atoms. The van der Waals surface area contributed by atoms with Gasteiger partial charge in [0.15, 0.2) is 9.45 Å². The van der Waals surface area contributed by atoms with Crippen LogP contribution in [0, 0.1) is 10.1 Å². The van der Waals surface area contributed by atoms with Gasteiger partial charge in [-0.15, -0.1) is 10.2 Å². The first-order valence-electron chi connectivity index (χ1n) is 8.88. The van der Waals surface area contributed by atoms with E-state index in [9.17, 15) is 14.3 Å². The minimum Gasteiger partial charge on any atom is -0.375 e. The zero-order valence-electron chi connectivity index (χ0n) is 16.4. The molecule has 0 radical (unpaired) electrons. The molecular weight excluding hydrogens is 512 g/mol. The van der Waals surface area contributed by atoms with Crippen molar-refractivity contribution in [2.75, 3.05) is 6.26 Å². The Morgan fingerprint density at radius 3 is 2.66 bits per heavy atom. The maximum Gasteiger partial charge on any atom is 0.270 e. The lowest BCUT2D eigenvalue weighted by atomic mass is 10.1. The lowest BCUT2D eigenvalue weighted by molar-refractivity contribution is -0.384. The largest absolute Gasteiger partial charge is 0.375 e. The molecular formula is C18H17ClN6O3S4. The Labute approximate surface area is 204 Å². The van der Waals surface area contributed by atoms with E-state index in [2.05, 4.69) is 21.0 Å². The molecule has 1 heterocycles. The van der Waals surface area contributed by atoms with Crippen LogP contribution in [0.4, 0.5) is 5.69 Å². The third-order valence-corrected chi connectivity index (χ3v) is 8.58. The van der Waals surface area contributed by atoms with E-state index in [1.165, 1.54) is 35.2 Å². The highest BCUT2D eigenvalue weighted by atomic mass is 35.5. The van der Waals surface area contributed by atoms with Crippen molar-refractivity contribution in [3.05, 3.63) is 69.2 Å². The van der Waals surface area contributed by atoms with E-state index in [4.69, 9.17) is 29.6 Å². The number of thioether (sulfide) groups is 1. The van der Waals surface area contributed by atoms with Crippen LogP contribution < -0.4 is 16.6 Å². The maximum absolute atomic E-state index is 12.7. The summed E-state index contributed by atoms with van der Waals surface area (Å²) < 4.78 is 12.7. The number of thiocarbonyl (C=S) groups is 1. The highest BCUT2D eigenvalue weighted by Gasteiger charge is 2.29. The summed E-state index contributed by atoms with van der Waals surface area (Å²) in [7, 11) is -1.31. The zero-order valence-corrected chi connectivity index (χ0v) is 20.5. The van der Waals surface area contributed by atoms with Crippen LogP contribution in [-0.4, -0.2) is 35.3 Å². The predicted octanol–water partition coefficient (Wildman–Crippen LogP) is 3.64. The maximum atomic E-state index is 12.7. The summed E-state index contributed by atoms with van der Waals surface area (Å²) in [4.78, 5) is 10.6. The number of nitro groups is 1. The van der Waals surface area contributed by atoms with E-state index in [1.807, 2.05) is 12.1 Å². The van der Waals surface area contributed by atoms with Crippen LogP contribution in [0.25, 0.3) is 10.6 Å². The van der Waals surface area contributed by atoms with Gasteiger partial charge in [-0.3, -0.25) is 19.7 Å². The lowest BCUT2D eigenvalue weighted by Gasteiger charge is -2.26. The van der Waals surface area contributed by atoms with Crippen molar-refractivity contribution in [2.45, 2.75) is 15.0 Å². The zero-order chi connectivity index (χ0) is 23.3. The van der Waals surface area contributed by atoms with Gasteiger partial charge in [-0.25, -0.2) is 5.43 Å². The number of benzene rings is 2. The summed E-state index contributed by atoms with van der Waals surface area (Å²) in [5.41, 5.74) is 12.7. The fraction of sp³-hybridized carbons (Fsp3) is 0.167. The molecule has 3 aromatic rings. The molecule has 3 atom stereocenters. The molecule has 0 aliphatic heterocycles. The second-order valence-corrected chi connectivity index (χ2v) is 11.4. The van der Waals surface area contributed by atoms with Gasteiger partial charge in [-0.05, 0) is 29.9 Å². The fourth-order valence-corrected chi connectivity index (χ4v) is 6.43.